The van der Waals surface area contributed by atoms with Gasteiger partial charge in [0.2, 0.25) is 0 Å². The molecule has 0 aliphatic rings. The molecule has 2 rings (SSSR count). The fourth-order valence-corrected chi connectivity index (χ4v) is 1.75. The lowest BCUT2D eigenvalue weighted by Gasteiger charge is -2.18. The van der Waals surface area contributed by atoms with Crippen molar-refractivity contribution < 1.29 is 14.6 Å². The maximum Gasteiger partial charge on any atom is 0.163 e. The van der Waals surface area contributed by atoms with E-state index in [9.17, 15) is 5.11 Å². The molecular formula is C15H18N2O3. The molecular weight excluding hydrogens is 256 g/mol. The van der Waals surface area contributed by atoms with Crippen molar-refractivity contribution in [3.05, 3.63) is 48.3 Å². The van der Waals surface area contributed by atoms with E-state index in [-0.39, 0.29) is 12.0 Å². The van der Waals surface area contributed by atoms with E-state index in [0.29, 0.717) is 23.7 Å². The van der Waals surface area contributed by atoms with Gasteiger partial charge in [-0.15, -0.1) is 0 Å². The van der Waals surface area contributed by atoms with E-state index in [1.807, 2.05) is 31.2 Å². The molecule has 1 atom stereocenters. The van der Waals surface area contributed by atoms with E-state index in [0.717, 1.165) is 0 Å². The van der Waals surface area contributed by atoms with Gasteiger partial charge in [0.05, 0.1) is 12.8 Å². The Kier molecular flexibility index (Phi) is 4.79. The number of para-hydroxylation sites is 2. The fourth-order valence-electron chi connectivity index (χ4n) is 1.75. The van der Waals surface area contributed by atoms with Crippen molar-refractivity contribution in [2.24, 2.45) is 0 Å². The van der Waals surface area contributed by atoms with Crippen LogP contribution in [0.15, 0.2) is 42.6 Å². The largest absolute Gasteiger partial charge is 0.506 e. The van der Waals surface area contributed by atoms with Gasteiger partial charge in [-0.3, -0.25) is 10.3 Å². The van der Waals surface area contributed by atoms with Crippen LogP contribution in [0.3, 0.4) is 0 Å². The summed E-state index contributed by atoms with van der Waals surface area (Å²) >= 11 is 0. The highest BCUT2D eigenvalue weighted by molar-refractivity contribution is 5.39. The molecule has 2 N–H and O–H groups in total. The summed E-state index contributed by atoms with van der Waals surface area (Å²) in [6.07, 6.45) is 1.40. The zero-order valence-electron chi connectivity index (χ0n) is 11.5. The smallest absolute Gasteiger partial charge is 0.163 e. The predicted octanol–water partition coefficient (Wildman–Crippen LogP) is 2.31. The van der Waals surface area contributed by atoms with Crippen molar-refractivity contribution in [3.8, 4) is 17.2 Å². The van der Waals surface area contributed by atoms with Crippen LogP contribution < -0.4 is 14.8 Å². The molecule has 1 aromatic heterocycles. The Morgan fingerprint density at radius 2 is 1.95 bits per heavy atom. The van der Waals surface area contributed by atoms with Crippen LogP contribution in [0.1, 0.15) is 12.6 Å². The average Bonchev–Trinajstić information content (AvgIpc) is 2.47. The lowest BCUT2D eigenvalue weighted by atomic mass is 10.3. The minimum Gasteiger partial charge on any atom is -0.506 e. The second-order valence-electron chi connectivity index (χ2n) is 4.26. The van der Waals surface area contributed by atoms with E-state index in [1.54, 1.807) is 25.4 Å². The number of benzene rings is 1. The average molecular weight is 274 g/mol. The summed E-state index contributed by atoms with van der Waals surface area (Å²) in [5, 5.41) is 12.8. The second kappa shape index (κ2) is 6.77. The Balaban J connectivity index is 1.93. The molecule has 0 fully saturated rings. The third kappa shape index (κ3) is 3.61. The number of hydrogen-bond acceptors (Lipinski definition) is 5. The van der Waals surface area contributed by atoms with Crippen LogP contribution in [0.4, 0.5) is 0 Å². The van der Waals surface area contributed by atoms with Gasteiger partial charge in [0, 0.05) is 12.7 Å². The van der Waals surface area contributed by atoms with Crippen molar-refractivity contribution >= 4 is 0 Å². The summed E-state index contributed by atoms with van der Waals surface area (Å²) in [6, 6.07) is 10.7. The summed E-state index contributed by atoms with van der Waals surface area (Å²) in [4.78, 5) is 4.10. The highest BCUT2D eigenvalue weighted by atomic mass is 16.5. The van der Waals surface area contributed by atoms with E-state index < -0.39 is 0 Å². The molecule has 1 heterocycles. The van der Waals surface area contributed by atoms with Gasteiger partial charge in [0.25, 0.3) is 0 Å². The van der Waals surface area contributed by atoms with Gasteiger partial charge in [0.15, 0.2) is 11.5 Å². The number of methoxy groups -OCH3 is 1. The van der Waals surface area contributed by atoms with E-state index in [1.165, 1.54) is 0 Å². The van der Waals surface area contributed by atoms with Crippen molar-refractivity contribution in [3.63, 3.8) is 0 Å². The molecule has 0 saturated heterocycles. The number of rotatable bonds is 6. The molecule has 0 aliphatic carbocycles. The minimum absolute atomic E-state index is 0.171. The van der Waals surface area contributed by atoms with E-state index >= 15 is 0 Å². The van der Waals surface area contributed by atoms with Crippen LogP contribution in [0.25, 0.3) is 0 Å². The molecule has 0 saturated carbocycles. The zero-order valence-corrected chi connectivity index (χ0v) is 11.5. The maximum atomic E-state index is 9.63. The molecule has 0 radical (unpaired) electrons. The molecule has 0 aliphatic heterocycles. The quantitative estimate of drug-likeness (QED) is 0.791. The Labute approximate surface area is 118 Å². The molecule has 2 aromatic rings. The lowest BCUT2D eigenvalue weighted by molar-refractivity contribution is 0.173. The molecule has 5 heteroatoms. The Morgan fingerprint density at radius 3 is 2.65 bits per heavy atom. The Morgan fingerprint density at radius 1 is 1.20 bits per heavy atom. The summed E-state index contributed by atoms with van der Waals surface area (Å²) in [5.74, 6) is 1.52. The molecule has 1 aromatic carbocycles. The molecule has 5 nitrogen and oxygen atoms in total. The number of aromatic nitrogens is 1. The summed E-state index contributed by atoms with van der Waals surface area (Å²) < 4.78 is 11.0. The van der Waals surface area contributed by atoms with Gasteiger partial charge in [-0.25, -0.2) is 0 Å². The van der Waals surface area contributed by atoms with Crippen molar-refractivity contribution in [2.75, 3.05) is 7.11 Å². The van der Waals surface area contributed by atoms with Gasteiger partial charge in [-0.05, 0) is 31.2 Å². The third-order valence-corrected chi connectivity index (χ3v) is 2.80. The van der Waals surface area contributed by atoms with Crippen LogP contribution in [0, 0.1) is 0 Å². The monoisotopic (exact) mass is 274 g/mol. The third-order valence-electron chi connectivity index (χ3n) is 2.80. The van der Waals surface area contributed by atoms with Crippen molar-refractivity contribution in [1.82, 2.24) is 10.3 Å². The second-order valence-corrected chi connectivity index (χ2v) is 4.26. The SMILES string of the molecule is COc1ccccc1OC(C)NCc1ncccc1O. The van der Waals surface area contributed by atoms with Gasteiger partial charge in [-0.2, -0.15) is 0 Å². The minimum atomic E-state index is -0.243. The Hall–Kier alpha value is -2.27. The lowest BCUT2D eigenvalue weighted by Crippen LogP contribution is -2.31. The first-order chi connectivity index (χ1) is 9.70. The Bertz CT molecular complexity index is 560. The highest BCUT2D eigenvalue weighted by Gasteiger charge is 2.09. The molecule has 1 unspecified atom stereocenters. The van der Waals surface area contributed by atoms with Crippen LogP contribution >= 0.6 is 0 Å². The first-order valence-corrected chi connectivity index (χ1v) is 6.36. The number of pyridine rings is 1. The van der Waals surface area contributed by atoms with Gasteiger partial charge in [-0.1, -0.05) is 12.1 Å². The van der Waals surface area contributed by atoms with E-state index in [4.69, 9.17) is 9.47 Å². The fraction of sp³-hybridized carbons (Fsp3) is 0.267. The molecule has 0 spiro atoms. The number of aromatic hydroxyl groups is 1. The van der Waals surface area contributed by atoms with Crippen LogP contribution in [0.2, 0.25) is 0 Å². The standard InChI is InChI=1S/C15H18N2O3/c1-11(17-10-12-13(18)6-5-9-16-12)20-15-8-4-3-7-14(15)19-2/h3-9,11,17-18H,10H2,1-2H3. The topological polar surface area (TPSA) is 63.6 Å². The molecule has 0 bridgehead atoms. The predicted molar refractivity (Wildman–Crippen MR) is 75.8 cm³/mol. The van der Waals surface area contributed by atoms with Crippen LogP contribution in [-0.2, 0) is 6.54 Å². The van der Waals surface area contributed by atoms with Crippen molar-refractivity contribution in [1.29, 1.82) is 0 Å². The summed E-state index contributed by atoms with van der Waals surface area (Å²) in [7, 11) is 1.60. The normalized spacial score (nSPS) is 11.9. The number of ether oxygens (including phenoxy) is 2. The maximum absolute atomic E-state index is 9.63. The molecule has 20 heavy (non-hydrogen) atoms. The van der Waals surface area contributed by atoms with Crippen molar-refractivity contribution in [2.45, 2.75) is 19.7 Å². The van der Waals surface area contributed by atoms with Gasteiger partial charge < -0.3 is 14.6 Å². The highest BCUT2D eigenvalue weighted by Crippen LogP contribution is 2.26. The van der Waals surface area contributed by atoms with Gasteiger partial charge in [0.1, 0.15) is 12.0 Å². The molecule has 106 valence electrons. The van der Waals surface area contributed by atoms with E-state index in [2.05, 4.69) is 10.3 Å². The first kappa shape index (κ1) is 14.1. The number of nitrogens with one attached hydrogen (secondary N) is 1. The summed E-state index contributed by atoms with van der Waals surface area (Å²) in [5.41, 5.74) is 0.586. The zero-order chi connectivity index (χ0) is 14.4. The van der Waals surface area contributed by atoms with Crippen LogP contribution in [0.5, 0.6) is 17.2 Å². The number of hydrogen-bond donors (Lipinski definition) is 2. The first-order valence-electron chi connectivity index (χ1n) is 6.36. The van der Waals surface area contributed by atoms with Crippen LogP contribution in [-0.4, -0.2) is 23.4 Å². The number of nitrogens with zero attached hydrogens (tertiary/aromatic N) is 1. The van der Waals surface area contributed by atoms with Gasteiger partial charge >= 0.3 is 0 Å². The summed E-state index contributed by atoms with van der Waals surface area (Å²) in [6.45, 7) is 2.30. The molecule has 0 amide bonds.